The number of carbonyl (C=O) groups is 1. The van der Waals surface area contributed by atoms with E-state index >= 15 is 0 Å². The molecular weight excluding hydrogens is 268 g/mol. The monoisotopic (exact) mass is 290 g/mol. The molecule has 0 fully saturated rings. The maximum atomic E-state index is 11.5. The van der Waals surface area contributed by atoms with Crippen molar-refractivity contribution in [2.24, 2.45) is 0 Å². The molecule has 5 heteroatoms. The molecule has 0 aliphatic heterocycles. The Hall–Kier alpha value is -2.06. The van der Waals surface area contributed by atoms with Crippen molar-refractivity contribution in [2.45, 2.75) is 26.8 Å². The van der Waals surface area contributed by atoms with Gasteiger partial charge in [0.15, 0.2) is 0 Å². The molecule has 0 amide bonds. The molecule has 0 aliphatic carbocycles. The van der Waals surface area contributed by atoms with Gasteiger partial charge in [0, 0.05) is 12.6 Å². The Labute approximate surface area is 126 Å². The molecule has 1 rings (SSSR count). The zero-order valence-electron chi connectivity index (χ0n) is 12.8. The van der Waals surface area contributed by atoms with Crippen LogP contribution in [0.15, 0.2) is 24.3 Å². The predicted octanol–water partition coefficient (Wildman–Crippen LogP) is 2.21. The zero-order valence-corrected chi connectivity index (χ0v) is 12.8. The summed E-state index contributed by atoms with van der Waals surface area (Å²) in [5, 5.41) is 8.72. The van der Waals surface area contributed by atoms with Crippen LogP contribution in [0.5, 0.6) is 5.75 Å². The van der Waals surface area contributed by atoms with Crippen LogP contribution in [0.4, 0.5) is 0 Å². The van der Waals surface area contributed by atoms with E-state index in [9.17, 15) is 4.79 Å². The Bertz CT molecular complexity index is 477. The summed E-state index contributed by atoms with van der Waals surface area (Å²) >= 11 is 0. The molecule has 0 radical (unpaired) electrons. The standard InChI is InChI=1S/C16H22N2O3/c1-4-20-16(19)12-18(13(2)3)9-10-21-15-7-5-14(11-17)6-8-15/h5-8,13H,4,9-10,12H2,1-3H3. The second-order valence-electron chi connectivity index (χ2n) is 4.85. The molecular formula is C16H22N2O3. The summed E-state index contributed by atoms with van der Waals surface area (Å²) in [6.07, 6.45) is 0. The van der Waals surface area contributed by atoms with E-state index in [4.69, 9.17) is 14.7 Å². The van der Waals surface area contributed by atoms with Gasteiger partial charge in [-0.25, -0.2) is 0 Å². The summed E-state index contributed by atoms with van der Waals surface area (Å²) in [4.78, 5) is 13.5. The Morgan fingerprint density at radius 1 is 1.33 bits per heavy atom. The third kappa shape index (κ3) is 6.28. The second kappa shape index (κ2) is 8.98. The maximum absolute atomic E-state index is 11.5. The second-order valence-corrected chi connectivity index (χ2v) is 4.85. The quantitative estimate of drug-likeness (QED) is 0.687. The minimum atomic E-state index is -0.218. The number of ether oxygens (including phenoxy) is 2. The Kier molecular flexibility index (Phi) is 7.27. The van der Waals surface area contributed by atoms with Gasteiger partial charge in [-0.3, -0.25) is 9.69 Å². The molecule has 1 aromatic rings. The van der Waals surface area contributed by atoms with Gasteiger partial charge in [0.25, 0.3) is 0 Å². The highest BCUT2D eigenvalue weighted by Crippen LogP contribution is 2.11. The van der Waals surface area contributed by atoms with E-state index in [0.717, 1.165) is 0 Å². The molecule has 0 saturated carbocycles. The lowest BCUT2D eigenvalue weighted by Crippen LogP contribution is -2.39. The maximum Gasteiger partial charge on any atom is 0.320 e. The number of esters is 1. The van der Waals surface area contributed by atoms with Gasteiger partial charge in [0.05, 0.1) is 24.8 Å². The lowest BCUT2D eigenvalue weighted by atomic mass is 10.2. The summed E-state index contributed by atoms with van der Waals surface area (Å²) in [5.41, 5.74) is 0.605. The van der Waals surface area contributed by atoms with Crippen LogP contribution in [0.2, 0.25) is 0 Å². The fourth-order valence-electron chi connectivity index (χ4n) is 1.80. The highest BCUT2D eigenvalue weighted by Gasteiger charge is 2.14. The molecule has 0 heterocycles. The first-order valence-corrected chi connectivity index (χ1v) is 7.09. The Morgan fingerprint density at radius 3 is 2.52 bits per heavy atom. The van der Waals surface area contributed by atoms with Crippen molar-refractivity contribution in [1.29, 1.82) is 5.26 Å². The topological polar surface area (TPSA) is 62.6 Å². The molecule has 114 valence electrons. The third-order valence-electron chi connectivity index (χ3n) is 3.00. The average molecular weight is 290 g/mol. The Balaban J connectivity index is 2.42. The van der Waals surface area contributed by atoms with E-state index < -0.39 is 0 Å². The van der Waals surface area contributed by atoms with Crippen molar-refractivity contribution in [3.8, 4) is 11.8 Å². The molecule has 0 bridgehead atoms. The van der Waals surface area contributed by atoms with Crippen molar-refractivity contribution < 1.29 is 14.3 Å². The number of hydrogen-bond acceptors (Lipinski definition) is 5. The van der Waals surface area contributed by atoms with Crippen LogP contribution in [0.3, 0.4) is 0 Å². The first-order chi connectivity index (χ1) is 10.1. The van der Waals surface area contributed by atoms with Crippen molar-refractivity contribution >= 4 is 5.97 Å². The summed E-state index contributed by atoms with van der Waals surface area (Å²) in [6, 6.07) is 9.26. The van der Waals surface area contributed by atoms with E-state index in [-0.39, 0.29) is 18.6 Å². The predicted molar refractivity (Wildman–Crippen MR) is 80.0 cm³/mol. The van der Waals surface area contributed by atoms with Crippen molar-refractivity contribution in [3.05, 3.63) is 29.8 Å². The van der Waals surface area contributed by atoms with Gasteiger partial charge < -0.3 is 9.47 Å². The first-order valence-electron chi connectivity index (χ1n) is 7.09. The smallest absolute Gasteiger partial charge is 0.320 e. The minimum absolute atomic E-state index is 0.218. The van der Waals surface area contributed by atoms with Gasteiger partial charge in [0.1, 0.15) is 12.4 Å². The highest BCUT2D eigenvalue weighted by atomic mass is 16.5. The summed E-state index contributed by atoms with van der Waals surface area (Å²) in [6.45, 7) is 7.63. The number of carbonyl (C=O) groups excluding carboxylic acids is 1. The van der Waals surface area contributed by atoms with Gasteiger partial charge in [-0.2, -0.15) is 5.26 Å². The van der Waals surface area contributed by atoms with E-state index in [1.54, 1.807) is 31.2 Å². The highest BCUT2D eigenvalue weighted by molar-refractivity contribution is 5.71. The van der Waals surface area contributed by atoms with Gasteiger partial charge in [-0.05, 0) is 45.0 Å². The minimum Gasteiger partial charge on any atom is -0.492 e. The van der Waals surface area contributed by atoms with Gasteiger partial charge in [-0.15, -0.1) is 0 Å². The van der Waals surface area contributed by atoms with Crippen molar-refractivity contribution in [2.75, 3.05) is 26.3 Å². The number of nitrogens with zero attached hydrogens (tertiary/aromatic N) is 2. The molecule has 0 atom stereocenters. The first kappa shape index (κ1) is 17.0. The average Bonchev–Trinajstić information content (AvgIpc) is 2.47. The van der Waals surface area contributed by atoms with Crippen LogP contribution >= 0.6 is 0 Å². The molecule has 0 spiro atoms. The Morgan fingerprint density at radius 2 is 2.00 bits per heavy atom. The van der Waals surface area contributed by atoms with Crippen LogP contribution < -0.4 is 4.74 Å². The van der Waals surface area contributed by atoms with E-state index in [2.05, 4.69) is 6.07 Å². The fourth-order valence-corrected chi connectivity index (χ4v) is 1.80. The molecule has 0 N–H and O–H groups in total. The summed E-state index contributed by atoms with van der Waals surface area (Å²) < 4.78 is 10.6. The van der Waals surface area contributed by atoms with E-state index in [1.165, 1.54) is 0 Å². The normalized spacial score (nSPS) is 10.5. The van der Waals surface area contributed by atoms with Crippen LogP contribution in [0.1, 0.15) is 26.3 Å². The molecule has 21 heavy (non-hydrogen) atoms. The van der Waals surface area contributed by atoms with Crippen molar-refractivity contribution in [3.63, 3.8) is 0 Å². The summed E-state index contributed by atoms with van der Waals surface area (Å²) in [7, 11) is 0. The molecule has 0 unspecified atom stereocenters. The largest absolute Gasteiger partial charge is 0.492 e. The van der Waals surface area contributed by atoms with Crippen LogP contribution in [0.25, 0.3) is 0 Å². The number of benzene rings is 1. The van der Waals surface area contributed by atoms with Crippen LogP contribution in [0, 0.1) is 11.3 Å². The van der Waals surface area contributed by atoms with Gasteiger partial charge in [-0.1, -0.05) is 0 Å². The van der Waals surface area contributed by atoms with E-state index in [1.807, 2.05) is 18.7 Å². The summed E-state index contributed by atoms with van der Waals surface area (Å²) in [5.74, 6) is 0.499. The number of rotatable bonds is 8. The SMILES string of the molecule is CCOC(=O)CN(CCOc1ccc(C#N)cc1)C(C)C. The molecule has 0 aliphatic rings. The van der Waals surface area contributed by atoms with Crippen LogP contribution in [-0.4, -0.2) is 43.2 Å². The molecule has 0 aromatic heterocycles. The molecule has 5 nitrogen and oxygen atoms in total. The van der Waals surface area contributed by atoms with Gasteiger partial charge >= 0.3 is 5.97 Å². The lowest BCUT2D eigenvalue weighted by molar-refractivity contribution is -0.145. The third-order valence-corrected chi connectivity index (χ3v) is 3.00. The van der Waals surface area contributed by atoms with Crippen LogP contribution in [-0.2, 0) is 9.53 Å². The molecule has 1 aromatic carbocycles. The fraction of sp³-hybridized carbons (Fsp3) is 0.500. The number of hydrogen-bond donors (Lipinski definition) is 0. The zero-order chi connectivity index (χ0) is 15.7. The number of nitriles is 1. The van der Waals surface area contributed by atoms with Gasteiger partial charge in [0.2, 0.25) is 0 Å². The van der Waals surface area contributed by atoms with E-state index in [0.29, 0.717) is 31.1 Å². The van der Waals surface area contributed by atoms with Crippen molar-refractivity contribution in [1.82, 2.24) is 4.90 Å². The molecule has 0 saturated heterocycles. The lowest BCUT2D eigenvalue weighted by Gasteiger charge is -2.25.